The lowest BCUT2D eigenvalue weighted by atomic mass is 10.2. The third-order valence-electron chi connectivity index (χ3n) is 3.25. The number of halogens is 1. The zero-order chi connectivity index (χ0) is 19.5. The number of aliphatic hydroxyl groups excluding tert-OH is 1. The number of hydrogen-bond acceptors (Lipinski definition) is 5. The Morgan fingerprint density at radius 3 is 2.70 bits per heavy atom. The molecular formula is C19H17FN3O4+. The van der Waals surface area contributed by atoms with Gasteiger partial charge in [0.05, 0.1) is 0 Å². The molecule has 0 spiro atoms. The molecule has 0 aliphatic heterocycles. The van der Waals surface area contributed by atoms with Crippen LogP contribution in [-0.4, -0.2) is 17.8 Å². The van der Waals surface area contributed by atoms with E-state index in [1.165, 1.54) is 24.3 Å². The maximum absolute atomic E-state index is 14.1. The minimum Gasteiger partial charge on any atom is -0.476 e. The minimum atomic E-state index is -0.688. The average molecular weight is 370 g/mol. The van der Waals surface area contributed by atoms with Gasteiger partial charge in [0.15, 0.2) is 4.98 Å². The van der Waals surface area contributed by atoms with Crippen molar-refractivity contribution in [3.63, 3.8) is 0 Å². The molecule has 7 nitrogen and oxygen atoms in total. The van der Waals surface area contributed by atoms with E-state index in [-0.39, 0.29) is 24.5 Å². The standard InChI is InChI=1S/C19H16FN3O4/c20-17-11-16(23-19(25)27-13-14-5-2-1-3-6-14)9-8-15(17)7-4-10-26-18(24)12-22-21/h1-9,11-12H,10,13H2,(H-,23,24,25)/p+1/b7-4+,18-12+. The molecule has 2 N–H and O–H groups in total. The Morgan fingerprint density at radius 2 is 2.00 bits per heavy atom. The highest BCUT2D eigenvalue weighted by atomic mass is 19.1. The van der Waals surface area contributed by atoms with Crippen LogP contribution in [0.15, 0.2) is 66.8 Å². The molecule has 0 radical (unpaired) electrons. The first-order valence-electron chi connectivity index (χ1n) is 7.88. The molecule has 2 aromatic rings. The van der Waals surface area contributed by atoms with Gasteiger partial charge in [0.25, 0.3) is 0 Å². The van der Waals surface area contributed by atoms with Gasteiger partial charge in [-0.25, -0.2) is 9.18 Å². The second kappa shape index (κ2) is 10.2. The molecule has 0 unspecified atom stereocenters. The van der Waals surface area contributed by atoms with Crippen molar-refractivity contribution in [3.05, 3.63) is 88.7 Å². The smallest absolute Gasteiger partial charge is 0.429 e. The van der Waals surface area contributed by atoms with Crippen molar-refractivity contribution in [2.75, 3.05) is 11.9 Å². The molecule has 2 aromatic carbocycles. The number of ether oxygens (including phenoxy) is 2. The predicted molar refractivity (Wildman–Crippen MR) is 97.4 cm³/mol. The van der Waals surface area contributed by atoms with Gasteiger partial charge < -0.3 is 14.6 Å². The normalized spacial score (nSPS) is 11.0. The van der Waals surface area contributed by atoms with Gasteiger partial charge in [0.2, 0.25) is 5.39 Å². The van der Waals surface area contributed by atoms with E-state index in [1.807, 2.05) is 30.3 Å². The fourth-order valence-electron chi connectivity index (χ4n) is 2.01. The van der Waals surface area contributed by atoms with Crippen molar-refractivity contribution in [2.45, 2.75) is 6.61 Å². The monoisotopic (exact) mass is 370 g/mol. The number of carbonyl (C=O) groups excluding carboxylic acids is 1. The van der Waals surface area contributed by atoms with Gasteiger partial charge in [-0.05, 0) is 29.8 Å². The minimum absolute atomic E-state index is 0.0525. The number of aliphatic hydroxyl groups is 1. The van der Waals surface area contributed by atoms with Gasteiger partial charge in [0, 0.05) is 11.3 Å². The maximum atomic E-state index is 14.1. The van der Waals surface area contributed by atoms with Crippen LogP contribution < -0.4 is 5.32 Å². The number of carbonyl (C=O) groups is 1. The topological polar surface area (TPSA) is 95.9 Å². The zero-order valence-corrected chi connectivity index (χ0v) is 14.2. The van der Waals surface area contributed by atoms with Gasteiger partial charge in [-0.15, -0.1) is 0 Å². The van der Waals surface area contributed by atoms with Crippen LogP contribution in [-0.2, 0) is 16.1 Å². The summed E-state index contributed by atoms with van der Waals surface area (Å²) in [4.78, 5) is 14.4. The molecule has 2 rings (SSSR count). The summed E-state index contributed by atoms with van der Waals surface area (Å²) in [5.41, 5.74) is 1.36. The number of anilines is 1. The first-order valence-corrected chi connectivity index (χ1v) is 7.88. The van der Waals surface area contributed by atoms with E-state index in [0.29, 0.717) is 6.20 Å². The quantitative estimate of drug-likeness (QED) is 0.538. The molecule has 138 valence electrons. The molecule has 27 heavy (non-hydrogen) atoms. The van der Waals surface area contributed by atoms with E-state index in [0.717, 1.165) is 11.6 Å². The highest BCUT2D eigenvalue weighted by Gasteiger charge is 2.06. The number of rotatable bonds is 7. The summed E-state index contributed by atoms with van der Waals surface area (Å²) in [5, 5.41) is 19.7. The van der Waals surface area contributed by atoms with E-state index >= 15 is 0 Å². The molecule has 0 saturated carbocycles. The van der Waals surface area contributed by atoms with E-state index in [2.05, 4.69) is 10.3 Å². The van der Waals surface area contributed by atoms with Crippen molar-refractivity contribution >= 4 is 17.9 Å². The first-order chi connectivity index (χ1) is 13.1. The highest BCUT2D eigenvalue weighted by molar-refractivity contribution is 5.84. The summed E-state index contributed by atoms with van der Waals surface area (Å²) in [5.74, 6) is -1.13. The Hall–Kier alpha value is -3.86. The Bertz CT molecular complexity index is 876. The van der Waals surface area contributed by atoms with Crippen LogP contribution in [0.1, 0.15) is 11.1 Å². The van der Waals surface area contributed by atoms with Gasteiger partial charge in [0.1, 0.15) is 19.0 Å². The maximum Gasteiger partial charge on any atom is 0.429 e. The lowest BCUT2D eigenvalue weighted by Crippen LogP contribution is -2.13. The second-order valence-corrected chi connectivity index (χ2v) is 5.22. The Balaban J connectivity index is 1.85. The number of diazo groups is 1. The molecule has 0 saturated heterocycles. The van der Waals surface area contributed by atoms with Crippen LogP contribution in [0.4, 0.5) is 14.9 Å². The summed E-state index contributed by atoms with van der Waals surface area (Å²) in [6, 6.07) is 13.3. The van der Waals surface area contributed by atoms with E-state index in [9.17, 15) is 9.18 Å². The highest BCUT2D eigenvalue weighted by Crippen LogP contribution is 2.16. The lowest BCUT2D eigenvalue weighted by molar-refractivity contribution is 0.113. The molecule has 1 amide bonds. The summed E-state index contributed by atoms with van der Waals surface area (Å²) in [7, 11) is 0. The van der Waals surface area contributed by atoms with Crippen molar-refractivity contribution in [3.8, 4) is 0 Å². The van der Waals surface area contributed by atoms with Crippen molar-refractivity contribution in [2.24, 2.45) is 0 Å². The molecule has 0 aliphatic carbocycles. The molecule has 8 heteroatoms. The van der Waals surface area contributed by atoms with Crippen molar-refractivity contribution in [1.82, 2.24) is 0 Å². The molecule has 0 aliphatic rings. The summed E-state index contributed by atoms with van der Waals surface area (Å²) >= 11 is 0. The summed E-state index contributed by atoms with van der Waals surface area (Å²) < 4.78 is 23.9. The third-order valence-corrected chi connectivity index (χ3v) is 3.25. The van der Waals surface area contributed by atoms with Crippen LogP contribution in [0.25, 0.3) is 11.1 Å². The Morgan fingerprint density at radius 1 is 1.22 bits per heavy atom. The second-order valence-electron chi connectivity index (χ2n) is 5.22. The molecule has 0 bridgehead atoms. The predicted octanol–water partition coefficient (Wildman–Crippen LogP) is 4.81. The van der Waals surface area contributed by atoms with E-state index < -0.39 is 17.9 Å². The van der Waals surface area contributed by atoms with Crippen molar-refractivity contribution < 1.29 is 23.8 Å². The van der Waals surface area contributed by atoms with Gasteiger partial charge in [-0.3, -0.25) is 5.32 Å². The Kier molecular flexibility index (Phi) is 7.36. The van der Waals surface area contributed by atoms with Crippen LogP contribution in [0, 0.1) is 11.2 Å². The SMILES string of the molecule is N#[N+]/C=C(\O)OC/C=C/c1ccc(NC(=O)OCc2ccccc2)cc1F. The molecule has 0 fully saturated rings. The number of hydrogen-bond donors (Lipinski definition) is 2. The van der Waals surface area contributed by atoms with Gasteiger partial charge >= 0.3 is 18.2 Å². The Labute approximate surface area is 155 Å². The number of amides is 1. The molecule has 0 heterocycles. The molecule has 0 aromatic heterocycles. The van der Waals surface area contributed by atoms with E-state index in [1.54, 1.807) is 0 Å². The van der Waals surface area contributed by atoms with E-state index in [4.69, 9.17) is 20.0 Å². The third kappa shape index (κ3) is 6.88. The van der Waals surface area contributed by atoms with Gasteiger partial charge in [-0.1, -0.05) is 36.4 Å². The summed E-state index contributed by atoms with van der Waals surface area (Å²) in [6.07, 6.45) is 2.93. The average Bonchev–Trinajstić information content (AvgIpc) is 2.66. The number of nitrogens with zero attached hydrogens (tertiary/aromatic N) is 2. The number of benzene rings is 2. The van der Waals surface area contributed by atoms with Crippen LogP contribution in [0.5, 0.6) is 0 Å². The van der Waals surface area contributed by atoms with Crippen molar-refractivity contribution in [1.29, 1.82) is 5.39 Å². The van der Waals surface area contributed by atoms with Crippen LogP contribution in [0.3, 0.4) is 0 Å². The zero-order valence-electron chi connectivity index (χ0n) is 14.2. The molecule has 0 atom stereocenters. The lowest BCUT2D eigenvalue weighted by Gasteiger charge is -2.08. The molecular weight excluding hydrogens is 353 g/mol. The fourth-order valence-corrected chi connectivity index (χ4v) is 2.01. The van der Waals surface area contributed by atoms with Gasteiger partial charge in [-0.2, -0.15) is 0 Å². The largest absolute Gasteiger partial charge is 0.476 e. The summed E-state index contributed by atoms with van der Waals surface area (Å²) in [6.45, 7) is 0.0595. The fraction of sp³-hybridized carbons (Fsp3) is 0.105. The van der Waals surface area contributed by atoms with Crippen LogP contribution in [0.2, 0.25) is 0 Å². The number of nitrogens with one attached hydrogen (secondary N) is 1. The first kappa shape index (κ1) is 19.5. The van der Waals surface area contributed by atoms with Crippen LogP contribution >= 0.6 is 0 Å².